The number of anilines is 1. The van der Waals surface area contributed by atoms with Crippen LogP contribution in [-0.2, 0) is 11.4 Å². The van der Waals surface area contributed by atoms with Crippen molar-refractivity contribution in [2.24, 2.45) is 0 Å². The third kappa shape index (κ3) is 4.17. The van der Waals surface area contributed by atoms with Crippen molar-refractivity contribution < 1.29 is 18.7 Å². The van der Waals surface area contributed by atoms with Gasteiger partial charge in [-0.15, -0.1) is 0 Å². The van der Waals surface area contributed by atoms with Gasteiger partial charge in [0.05, 0.1) is 7.11 Å². The number of hydrogen-bond donors (Lipinski definition) is 1. The zero-order valence-corrected chi connectivity index (χ0v) is 17.1. The number of methoxy groups -OCH3 is 1. The standard InChI is InChI=1S/C23H17BrFNO3/c1-28-22-11-15(4-9-21(22)29-13-14-2-5-16(24)6-3-14)10-19-18-12-17(25)7-8-20(18)26-23(19)27/h2-12H,13H2,1H3,(H,26,27)/b19-10-. The Morgan fingerprint density at radius 1 is 1.03 bits per heavy atom. The summed E-state index contributed by atoms with van der Waals surface area (Å²) in [7, 11) is 1.56. The third-order valence-electron chi connectivity index (χ3n) is 4.57. The first kappa shape index (κ1) is 19.2. The number of halogens is 2. The maximum Gasteiger partial charge on any atom is 0.256 e. The molecular formula is C23H17BrFNO3. The minimum absolute atomic E-state index is 0.264. The molecule has 6 heteroatoms. The molecule has 0 saturated heterocycles. The Hall–Kier alpha value is -3.12. The number of carbonyl (C=O) groups excluding carboxylic acids is 1. The van der Waals surface area contributed by atoms with Gasteiger partial charge < -0.3 is 14.8 Å². The fourth-order valence-electron chi connectivity index (χ4n) is 3.11. The van der Waals surface area contributed by atoms with Crippen molar-refractivity contribution in [3.8, 4) is 11.5 Å². The van der Waals surface area contributed by atoms with Crippen molar-refractivity contribution >= 4 is 39.2 Å². The van der Waals surface area contributed by atoms with Gasteiger partial charge in [0, 0.05) is 21.3 Å². The van der Waals surface area contributed by atoms with Crippen LogP contribution in [0.5, 0.6) is 11.5 Å². The quantitative estimate of drug-likeness (QED) is 0.506. The fraction of sp³-hybridized carbons (Fsp3) is 0.0870. The summed E-state index contributed by atoms with van der Waals surface area (Å²) < 4.78 is 26.0. The highest BCUT2D eigenvalue weighted by Gasteiger charge is 2.24. The molecule has 0 fully saturated rings. The van der Waals surface area contributed by atoms with Gasteiger partial charge in [-0.2, -0.15) is 0 Å². The summed E-state index contributed by atoms with van der Waals surface area (Å²) in [5.74, 6) is 0.495. The average molecular weight is 454 g/mol. The van der Waals surface area contributed by atoms with Crippen LogP contribution >= 0.6 is 15.9 Å². The van der Waals surface area contributed by atoms with Crippen LogP contribution in [0.3, 0.4) is 0 Å². The molecule has 29 heavy (non-hydrogen) atoms. The average Bonchev–Trinajstić information content (AvgIpc) is 3.02. The van der Waals surface area contributed by atoms with Gasteiger partial charge >= 0.3 is 0 Å². The number of fused-ring (bicyclic) bond motifs is 1. The number of rotatable bonds is 5. The summed E-state index contributed by atoms with van der Waals surface area (Å²) in [5, 5.41) is 2.74. The number of amides is 1. The first-order chi connectivity index (χ1) is 14.0. The second-order valence-electron chi connectivity index (χ2n) is 6.53. The Balaban J connectivity index is 1.58. The van der Waals surface area contributed by atoms with E-state index in [1.165, 1.54) is 12.1 Å². The molecule has 4 rings (SSSR count). The van der Waals surface area contributed by atoms with Crippen LogP contribution in [-0.4, -0.2) is 13.0 Å². The molecule has 0 aromatic heterocycles. The molecular weight excluding hydrogens is 437 g/mol. The Bertz CT molecular complexity index is 1110. The van der Waals surface area contributed by atoms with E-state index in [1.54, 1.807) is 31.4 Å². The minimum Gasteiger partial charge on any atom is -0.493 e. The lowest BCUT2D eigenvalue weighted by Crippen LogP contribution is -2.03. The molecule has 3 aromatic carbocycles. The van der Waals surface area contributed by atoms with Gasteiger partial charge in [-0.05, 0) is 59.7 Å². The predicted octanol–water partition coefficient (Wildman–Crippen LogP) is 5.67. The molecule has 0 aliphatic carbocycles. The van der Waals surface area contributed by atoms with Gasteiger partial charge in [0.1, 0.15) is 12.4 Å². The number of benzene rings is 3. The van der Waals surface area contributed by atoms with E-state index in [0.717, 1.165) is 15.6 Å². The number of hydrogen-bond acceptors (Lipinski definition) is 3. The molecule has 1 aliphatic rings. The molecule has 1 N–H and O–H groups in total. The smallest absolute Gasteiger partial charge is 0.256 e. The Labute approximate surface area is 176 Å². The molecule has 4 nitrogen and oxygen atoms in total. The van der Waals surface area contributed by atoms with Crippen molar-refractivity contribution in [2.45, 2.75) is 6.61 Å². The molecule has 0 spiro atoms. The first-order valence-corrected chi connectivity index (χ1v) is 9.71. The fourth-order valence-corrected chi connectivity index (χ4v) is 3.37. The van der Waals surface area contributed by atoms with Crippen LogP contribution in [0.1, 0.15) is 16.7 Å². The van der Waals surface area contributed by atoms with E-state index < -0.39 is 0 Å². The molecule has 1 heterocycles. The van der Waals surface area contributed by atoms with E-state index in [2.05, 4.69) is 21.2 Å². The van der Waals surface area contributed by atoms with Crippen LogP contribution in [0.4, 0.5) is 10.1 Å². The Morgan fingerprint density at radius 3 is 2.59 bits per heavy atom. The molecule has 0 radical (unpaired) electrons. The van der Waals surface area contributed by atoms with E-state index in [0.29, 0.717) is 34.9 Å². The largest absolute Gasteiger partial charge is 0.493 e. The van der Waals surface area contributed by atoms with E-state index in [9.17, 15) is 9.18 Å². The lowest BCUT2D eigenvalue weighted by Gasteiger charge is -2.12. The topological polar surface area (TPSA) is 47.6 Å². The van der Waals surface area contributed by atoms with Gasteiger partial charge in [-0.25, -0.2) is 4.39 Å². The normalized spacial score (nSPS) is 13.9. The van der Waals surface area contributed by atoms with E-state index >= 15 is 0 Å². The molecule has 146 valence electrons. The summed E-state index contributed by atoms with van der Waals surface area (Å²) in [6.07, 6.45) is 1.71. The van der Waals surface area contributed by atoms with Crippen LogP contribution in [0.2, 0.25) is 0 Å². The molecule has 0 atom stereocenters. The van der Waals surface area contributed by atoms with E-state index in [4.69, 9.17) is 9.47 Å². The lowest BCUT2D eigenvalue weighted by atomic mass is 10.0. The van der Waals surface area contributed by atoms with Gasteiger partial charge in [-0.1, -0.05) is 34.1 Å². The highest BCUT2D eigenvalue weighted by molar-refractivity contribution is 9.10. The molecule has 0 bridgehead atoms. The Kier molecular flexibility index (Phi) is 5.36. The number of carbonyl (C=O) groups is 1. The van der Waals surface area contributed by atoms with E-state index in [-0.39, 0.29) is 11.7 Å². The van der Waals surface area contributed by atoms with Crippen LogP contribution in [0.15, 0.2) is 65.1 Å². The lowest BCUT2D eigenvalue weighted by molar-refractivity contribution is -0.110. The van der Waals surface area contributed by atoms with Gasteiger partial charge in [0.25, 0.3) is 5.91 Å². The van der Waals surface area contributed by atoms with Crippen LogP contribution in [0.25, 0.3) is 11.6 Å². The molecule has 1 amide bonds. The van der Waals surface area contributed by atoms with Crippen molar-refractivity contribution in [1.82, 2.24) is 0 Å². The van der Waals surface area contributed by atoms with Gasteiger partial charge in [0.15, 0.2) is 11.5 Å². The summed E-state index contributed by atoms with van der Waals surface area (Å²) in [4.78, 5) is 12.3. The second-order valence-corrected chi connectivity index (χ2v) is 7.44. The predicted molar refractivity (Wildman–Crippen MR) is 114 cm³/mol. The zero-order valence-electron chi connectivity index (χ0n) is 15.5. The maximum absolute atomic E-state index is 13.6. The summed E-state index contributed by atoms with van der Waals surface area (Å²) in [6.45, 7) is 0.402. The maximum atomic E-state index is 13.6. The van der Waals surface area contributed by atoms with Gasteiger partial charge in [0.2, 0.25) is 0 Å². The molecule has 0 saturated carbocycles. The Morgan fingerprint density at radius 2 is 1.83 bits per heavy atom. The van der Waals surface area contributed by atoms with Crippen molar-refractivity contribution in [3.63, 3.8) is 0 Å². The second kappa shape index (κ2) is 8.09. The monoisotopic (exact) mass is 453 g/mol. The van der Waals surface area contributed by atoms with Crippen molar-refractivity contribution in [2.75, 3.05) is 12.4 Å². The number of ether oxygens (including phenoxy) is 2. The van der Waals surface area contributed by atoms with Crippen molar-refractivity contribution in [3.05, 3.63) is 87.6 Å². The summed E-state index contributed by atoms with van der Waals surface area (Å²) >= 11 is 3.41. The summed E-state index contributed by atoms with van der Waals surface area (Å²) in [5.41, 5.74) is 3.33. The van der Waals surface area contributed by atoms with Crippen molar-refractivity contribution in [1.29, 1.82) is 0 Å². The molecule has 1 aliphatic heterocycles. The SMILES string of the molecule is COc1cc(/C=C2\C(=O)Nc3ccc(F)cc32)ccc1OCc1ccc(Br)cc1. The zero-order chi connectivity index (χ0) is 20.4. The highest BCUT2D eigenvalue weighted by atomic mass is 79.9. The van der Waals surface area contributed by atoms with E-state index in [1.807, 2.05) is 30.3 Å². The van der Waals surface area contributed by atoms with Gasteiger partial charge in [-0.3, -0.25) is 4.79 Å². The number of nitrogens with one attached hydrogen (secondary N) is 1. The summed E-state index contributed by atoms with van der Waals surface area (Å²) in [6, 6.07) is 17.5. The highest BCUT2D eigenvalue weighted by Crippen LogP contribution is 2.35. The minimum atomic E-state index is -0.388. The molecule has 3 aromatic rings. The third-order valence-corrected chi connectivity index (χ3v) is 5.10. The molecule has 0 unspecified atom stereocenters. The first-order valence-electron chi connectivity index (χ1n) is 8.92. The van der Waals surface area contributed by atoms with Crippen LogP contribution < -0.4 is 14.8 Å². The van der Waals surface area contributed by atoms with Crippen LogP contribution in [0, 0.1) is 5.82 Å².